The Morgan fingerprint density at radius 1 is 1.16 bits per heavy atom. The van der Waals surface area contributed by atoms with E-state index in [1.165, 1.54) is 11.1 Å². The summed E-state index contributed by atoms with van der Waals surface area (Å²) < 4.78 is 6.52. The van der Waals surface area contributed by atoms with Crippen molar-refractivity contribution in [1.29, 1.82) is 0 Å². The van der Waals surface area contributed by atoms with Crippen molar-refractivity contribution in [2.24, 2.45) is 0 Å². The molecule has 2 rings (SSSR count). The lowest BCUT2D eigenvalue weighted by Crippen LogP contribution is -2.31. The summed E-state index contributed by atoms with van der Waals surface area (Å²) >= 11 is 3.53. The van der Waals surface area contributed by atoms with Crippen LogP contribution in [-0.4, -0.2) is 12.5 Å². The van der Waals surface area contributed by atoms with Gasteiger partial charge in [-0.15, -0.1) is 0 Å². The molecule has 0 fully saturated rings. The van der Waals surface area contributed by atoms with E-state index in [1.807, 2.05) is 56.3 Å². The Morgan fingerprint density at radius 2 is 1.80 bits per heavy atom. The van der Waals surface area contributed by atoms with Gasteiger partial charge in [-0.25, -0.2) is 0 Å². The highest BCUT2D eigenvalue weighted by molar-refractivity contribution is 9.10. The zero-order valence-corrected chi connectivity index (χ0v) is 17.1. The van der Waals surface area contributed by atoms with Crippen molar-refractivity contribution in [3.8, 4) is 5.75 Å². The van der Waals surface area contributed by atoms with Gasteiger partial charge in [-0.05, 0) is 58.5 Å². The van der Waals surface area contributed by atoms with Crippen molar-refractivity contribution >= 4 is 21.8 Å². The smallest absolute Gasteiger partial charge is 0.258 e. The molecule has 3 nitrogen and oxygen atoms in total. The van der Waals surface area contributed by atoms with Gasteiger partial charge in [0.05, 0.1) is 10.5 Å². The number of ether oxygens (including phenoxy) is 1. The van der Waals surface area contributed by atoms with Gasteiger partial charge in [0, 0.05) is 0 Å². The lowest BCUT2D eigenvalue weighted by Gasteiger charge is -2.20. The molecule has 25 heavy (non-hydrogen) atoms. The predicted octanol–water partition coefficient (Wildman–Crippen LogP) is 5.31. The third-order valence-electron chi connectivity index (χ3n) is 4.11. The lowest BCUT2D eigenvalue weighted by atomic mass is 9.87. The average molecular weight is 404 g/mol. The monoisotopic (exact) mass is 403 g/mol. The first-order valence-corrected chi connectivity index (χ1v) is 9.25. The SMILES string of the molecule is Cc1ccc(C(C)NC(=O)COc2ccc(C(C)(C)C)cc2Br)cc1. The molecule has 0 saturated heterocycles. The Morgan fingerprint density at radius 3 is 2.36 bits per heavy atom. The van der Waals surface area contributed by atoms with Gasteiger partial charge in [0.2, 0.25) is 0 Å². The minimum Gasteiger partial charge on any atom is -0.483 e. The van der Waals surface area contributed by atoms with Crippen molar-refractivity contribution in [1.82, 2.24) is 5.32 Å². The van der Waals surface area contributed by atoms with E-state index >= 15 is 0 Å². The van der Waals surface area contributed by atoms with E-state index in [0.717, 1.165) is 10.0 Å². The molecule has 1 N–H and O–H groups in total. The Kier molecular flexibility index (Phi) is 6.28. The second kappa shape index (κ2) is 8.05. The number of halogens is 1. The molecule has 0 spiro atoms. The van der Waals surface area contributed by atoms with Crippen LogP contribution in [0.5, 0.6) is 5.75 Å². The summed E-state index contributed by atoms with van der Waals surface area (Å²) in [7, 11) is 0. The molecule has 2 aromatic rings. The molecule has 2 aromatic carbocycles. The topological polar surface area (TPSA) is 38.3 Å². The number of hydrogen-bond donors (Lipinski definition) is 1. The number of aryl methyl sites for hydroxylation is 1. The summed E-state index contributed by atoms with van der Waals surface area (Å²) in [4.78, 5) is 12.2. The summed E-state index contributed by atoms with van der Waals surface area (Å²) in [5, 5.41) is 2.96. The Balaban J connectivity index is 1.92. The van der Waals surface area contributed by atoms with Crippen LogP contribution in [0.15, 0.2) is 46.9 Å². The van der Waals surface area contributed by atoms with Crippen LogP contribution < -0.4 is 10.1 Å². The molecule has 0 saturated carbocycles. The van der Waals surface area contributed by atoms with E-state index in [0.29, 0.717) is 5.75 Å². The first-order valence-electron chi connectivity index (χ1n) is 8.45. The number of rotatable bonds is 5. The number of benzene rings is 2. The van der Waals surface area contributed by atoms with Crippen molar-refractivity contribution in [2.45, 2.75) is 46.1 Å². The van der Waals surface area contributed by atoms with Crippen LogP contribution in [0.1, 0.15) is 50.4 Å². The molecule has 0 radical (unpaired) electrons. The van der Waals surface area contributed by atoms with E-state index < -0.39 is 0 Å². The number of nitrogens with one attached hydrogen (secondary N) is 1. The molecular weight excluding hydrogens is 378 g/mol. The number of carbonyl (C=O) groups is 1. The van der Waals surface area contributed by atoms with Crippen LogP contribution in [0.3, 0.4) is 0 Å². The van der Waals surface area contributed by atoms with Gasteiger partial charge in [0.1, 0.15) is 5.75 Å². The molecule has 1 unspecified atom stereocenters. The lowest BCUT2D eigenvalue weighted by molar-refractivity contribution is -0.123. The molecule has 0 aromatic heterocycles. The maximum atomic E-state index is 12.2. The van der Waals surface area contributed by atoms with Gasteiger partial charge >= 0.3 is 0 Å². The number of hydrogen-bond acceptors (Lipinski definition) is 2. The first-order chi connectivity index (χ1) is 11.7. The molecular formula is C21H26BrNO2. The number of carbonyl (C=O) groups excluding carboxylic acids is 1. The Bertz CT molecular complexity index is 733. The zero-order valence-electron chi connectivity index (χ0n) is 15.5. The van der Waals surface area contributed by atoms with Crippen LogP contribution in [0.2, 0.25) is 0 Å². The molecule has 0 aliphatic rings. The normalized spacial score (nSPS) is 12.6. The third-order valence-corrected chi connectivity index (χ3v) is 4.73. The van der Waals surface area contributed by atoms with Crippen LogP contribution in [0, 0.1) is 6.92 Å². The summed E-state index contributed by atoms with van der Waals surface area (Å²) in [5.41, 5.74) is 3.56. The van der Waals surface area contributed by atoms with Crippen molar-refractivity contribution in [3.05, 3.63) is 63.6 Å². The van der Waals surface area contributed by atoms with Crippen LogP contribution >= 0.6 is 15.9 Å². The van der Waals surface area contributed by atoms with Crippen LogP contribution in [0.25, 0.3) is 0 Å². The van der Waals surface area contributed by atoms with Gasteiger partial charge in [0.15, 0.2) is 6.61 Å². The van der Waals surface area contributed by atoms with E-state index in [4.69, 9.17) is 4.74 Å². The molecule has 0 bridgehead atoms. The second-order valence-electron chi connectivity index (χ2n) is 7.38. The molecule has 0 aliphatic carbocycles. The van der Waals surface area contributed by atoms with E-state index in [9.17, 15) is 4.79 Å². The minimum absolute atomic E-state index is 0.0103. The fourth-order valence-corrected chi connectivity index (χ4v) is 2.94. The maximum Gasteiger partial charge on any atom is 0.258 e. The van der Waals surface area contributed by atoms with E-state index in [2.05, 4.69) is 42.0 Å². The second-order valence-corrected chi connectivity index (χ2v) is 8.24. The molecule has 1 atom stereocenters. The summed E-state index contributed by atoms with van der Waals surface area (Å²) in [5.74, 6) is 0.533. The maximum absolute atomic E-state index is 12.2. The quantitative estimate of drug-likeness (QED) is 0.733. The molecule has 0 heterocycles. The fourth-order valence-electron chi connectivity index (χ4n) is 2.45. The standard InChI is InChI=1S/C21H26BrNO2/c1-14-6-8-16(9-7-14)15(2)23-20(24)13-25-19-11-10-17(12-18(19)22)21(3,4)5/h6-12,15H,13H2,1-5H3,(H,23,24). The Hall–Kier alpha value is -1.81. The summed E-state index contributed by atoms with van der Waals surface area (Å²) in [6.45, 7) is 10.5. The molecule has 1 amide bonds. The van der Waals surface area contributed by atoms with Gasteiger partial charge in [-0.2, -0.15) is 0 Å². The average Bonchev–Trinajstić information content (AvgIpc) is 2.53. The van der Waals surface area contributed by atoms with Gasteiger partial charge in [-0.1, -0.05) is 56.7 Å². The highest BCUT2D eigenvalue weighted by Crippen LogP contribution is 2.31. The largest absolute Gasteiger partial charge is 0.483 e. The van der Waals surface area contributed by atoms with Crippen LogP contribution in [-0.2, 0) is 10.2 Å². The highest BCUT2D eigenvalue weighted by atomic mass is 79.9. The van der Waals surface area contributed by atoms with E-state index in [1.54, 1.807) is 0 Å². The molecule has 4 heteroatoms. The summed E-state index contributed by atoms with van der Waals surface area (Å²) in [6.07, 6.45) is 0. The Labute approximate surface area is 158 Å². The van der Waals surface area contributed by atoms with Gasteiger partial charge in [-0.3, -0.25) is 4.79 Å². The highest BCUT2D eigenvalue weighted by Gasteiger charge is 2.16. The van der Waals surface area contributed by atoms with Crippen molar-refractivity contribution < 1.29 is 9.53 Å². The van der Waals surface area contributed by atoms with Crippen molar-refractivity contribution in [2.75, 3.05) is 6.61 Å². The van der Waals surface area contributed by atoms with Gasteiger partial charge in [0.25, 0.3) is 5.91 Å². The van der Waals surface area contributed by atoms with E-state index in [-0.39, 0.29) is 24.0 Å². The predicted molar refractivity (Wildman–Crippen MR) is 106 cm³/mol. The third kappa shape index (κ3) is 5.60. The zero-order chi connectivity index (χ0) is 18.6. The number of amides is 1. The van der Waals surface area contributed by atoms with Gasteiger partial charge < -0.3 is 10.1 Å². The molecule has 134 valence electrons. The minimum atomic E-state index is -0.139. The fraction of sp³-hybridized carbons (Fsp3) is 0.381. The summed E-state index contributed by atoms with van der Waals surface area (Å²) in [6, 6.07) is 14.1. The molecule has 0 aliphatic heterocycles. The first kappa shape index (κ1) is 19.5. The van der Waals surface area contributed by atoms with Crippen molar-refractivity contribution in [3.63, 3.8) is 0 Å². The van der Waals surface area contributed by atoms with Crippen LogP contribution in [0.4, 0.5) is 0 Å².